The average molecular weight is 290 g/mol. The first-order valence-corrected chi connectivity index (χ1v) is 8.17. The lowest BCUT2D eigenvalue weighted by Gasteiger charge is -2.59. The van der Waals surface area contributed by atoms with Gasteiger partial charge in [0, 0.05) is 6.42 Å². The van der Waals surface area contributed by atoms with Crippen LogP contribution in [0, 0.1) is 11.8 Å². The Bertz CT molecular complexity index is 496. The molecule has 4 rings (SSSR count). The molecule has 4 aliphatic rings. The predicted octanol–water partition coefficient (Wildman–Crippen LogP) is 0.501. The van der Waals surface area contributed by atoms with Crippen molar-refractivity contribution in [2.24, 2.45) is 11.8 Å². The summed E-state index contributed by atoms with van der Waals surface area (Å²) in [5, 5.41) is 10.5. The first-order valence-electron chi connectivity index (χ1n) is 6.56. The summed E-state index contributed by atoms with van der Waals surface area (Å²) in [5.41, 5.74) is -1.48. The number of esters is 1. The Morgan fingerprint density at radius 3 is 2.26 bits per heavy atom. The highest BCUT2D eigenvalue weighted by Crippen LogP contribution is 2.58. The highest BCUT2D eigenvalue weighted by atomic mass is 32.2. The number of hydrogen-bond donors (Lipinski definition) is 2. The van der Waals surface area contributed by atoms with E-state index < -0.39 is 33.0 Å². The van der Waals surface area contributed by atoms with Gasteiger partial charge in [-0.25, -0.2) is 0 Å². The number of hydrogen-bond acceptors (Lipinski definition) is 5. The van der Waals surface area contributed by atoms with E-state index >= 15 is 0 Å². The van der Waals surface area contributed by atoms with Gasteiger partial charge in [0.25, 0.3) is 10.1 Å². The van der Waals surface area contributed by atoms with Crippen molar-refractivity contribution in [3.05, 3.63) is 0 Å². The number of carbonyl (C=O) groups excluding carboxylic acids is 1. The molecular formula is C12H18O6S. The predicted molar refractivity (Wildman–Crippen MR) is 64.9 cm³/mol. The molecule has 0 aromatic rings. The highest BCUT2D eigenvalue weighted by molar-refractivity contribution is 7.86. The second-order valence-corrected chi connectivity index (χ2v) is 8.02. The van der Waals surface area contributed by atoms with Crippen LogP contribution in [-0.2, 0) is 19.6 Å². The van der Waals surface area contributed by atoms with Crippen molar-refractivity contribution in [2.75, 3.05) is 5.75 Å². The van der Waals surface area contributed by atoms with Crippen LogP contribution < -0.4 is 0 Å². The van der Waals surface area contributed by atoms with Crippen LogP contribution in [0.15, 0.2) is 0 Å². The molecule has 0 radical (unpaired) electrons. The third-order valence-corrected chi connectivity index (χ3v) is 5.21. The van der Waals surface area contributed by atoms with Crippen LogP contribution in [0.3, 0.4) is 0 Å². The van der Waals surface area contributed by atoms with E-state index in [1.807, 2.05) is 0 Å². The van der Waals surface area contributed by atoms with Gasteiger partial charge in [-0.3, -0.25) is 9.35 Å². The van der Waals surface area contributed by atoms with Crippen molar-refractivity contribution < 1.29 is 27.6 Å². The lowest BCUT2D eigenvalue weighted by molar-refractivity contribution is -0.218. The molecule has 7 heteroatoms. The highest BCUT2D eigenvalue weighted by Gasteiger charge is 2.59. The van der Waals surface area contributed by atoms with Crippen molar-refractivity contribution >= 4 is 16.1 Å². The number of rotatable bonds is 3. The van der Waals surface area contributed by atoms with E-state index in [9.17, 15) is 18.3 Å². The Balaban J connectivity index is 1.75. The smallest absolute Gasteiger partial charge is 0.324 e. The number of carbonyl (C=O) groups is 1. The van der Waals surface area contributed by atoms with Gasteiger partial charge in [0.05, 0.1) is 5.60 Å². The molecule has 108 valence electrons. The summed E-state index contributed by atoms with van der Waals surface area (Å²) < 4.78 is 35.4. The Morgan fingerprint density at radius 1 is 1.21 bits per heavy atom. The minimum atomic E-state index is -4.36. The van der Waals surface area contributed by atoms with E-state index in [2.05, 4.69) is 0 Å². The molecule has 4 aliphatic carbocycles. The van der Waals surface area contributed by atoms with E-state index in [1.54, 1.807) is 0 Å². The van der Waals surface area contributed by atoms with Crippen LogP contribution in [0.2, 0.25) is 0 Å². The Morgan fingerprint density at radius 2 is 1.79 bits per heavy atom. The maximum absolute atomic E-state index is 11.6. The van der Waals surface area contributed by atoms with E-state index in [0.717, 1.165) is 19.3 Å². The van der Waals surface area contributed by atoms with Crippen LogP contribution >= 0.6 is 0 Å². The van der Waals surface area contributed by atoms with Gasteiger partial charge in [-0.05, 0) is 43.9 Å². The lowest BCUT2D eigenvalue weighted by atomic mass is 9.52. The Kier molecular flexibility index (Phi) is 2.75. The van der Waals surface area contributed by atoms with Gasteiger partial charge in [0.15, 0.2) is 5.75 Å². The van der Waals surface area contributed by atoms with Gasteiger partial charge in [0.1, 0.15) is 5.60 Å². The number of ether oxygens (including phenoxy) is 1. The second kappa shape index (κ2) is 3.93. The maximum atomic E-state index is 11.6. The second-order valence-electron chi connectivity index (χ2n) is 6.57. The summed E-state index contributed by atoms with van der Waals surface area (Å²) in [6.07, 6.45) is 4.35. The fourth-order valence-electron chi connectivity index (χ4n) is 4.67. The monoisotopic (exact) mass is 290 g/mol. The molecule has 4 saturated carbocycles. The fraction of sp³-hybridized carbons (Fsp3) is 0.917. The quantitative estimate of drug-likeness (QED) is 0.580. The maximum Gasteiger partial charge on any atom is 0.324 e. The van der Waals surface area contributed by atoms with Crippen molar-refractivity contribution in [1.29, 1.82) is 0 Å². The molecule has 0 aliphatic heterocycles. The zero-order chi connectivity index (χ0) is 13.9. The molecule has 0 spiro atoms. The normalized spacial score (nSPS) is 44.3. The van der Waals surface area contributed by atoms with E-state index in [0.29, 0.717) is 31.1 Å². The van der Waals surface area contributed by atoms with Crippen LogP contribution in [0.5, 0.6) is 0 Å². The molecule has 2 atom stereocenters. The molecule has 0 aromatic carbocycles. The lowest BCUT2D eigenvalue weighted by Crippen LogP contribution is -2.60. The first kappa shape index (κ1) is 13.3. The molecule has 6 nitrogen and oxygen atoms in total. The first-order chi connectivity index (χ1) is 8.67. The molecule has 4 bridgehead atoms. The van der Waals surface area contributed by atoms with Crippen LogP contribution in [-0.4, -0.2) is 41.0 Å². The summed E-state index contributed by atoms with van der Waals surface area (Å²) in [7, 11) is -4.36. The minimum absolute atomic E-state index is 0.352. The van der Waals surface area contributed by atoms with Crippen molar-refractivity contribution in [3.8, 4) is 0 Å². The van der Waals surface area contributed by atoms with Crippen LogP contribution in [0.1, 0.15) is 38.5 Å². The molecule has 0 heterocycles. The molecule has 2 unspecified atom stereocenters. The molecule has 0 aromatic heterocycles. The van der Waals surface area contributed by atoms with E-state index in [-0.39, 0.29) is 0 Å². The summed E-state index contributed by atoms with van der Waals surface area (Å²) in [4.78, 5) is 11.6. The minimum Gasteiger partial charge on any atom is -0.458 e. The van der Waals surface area contributed by atoms with Gasteiger partial charge in [0.2, 0.25) is 0 Å². The van der Waals surface area contributed by atoms with Crippen molar-refractivity contribution in [3.63, 3.8) is 0 Å². The summed E-state index contributed by atoms with van der Waals surface area (Å²) >= 11 is 0. The number of aliphatic hydroxyl groups is 1. The molecule has 19 heavy (non-hydrogen) atoms. The average Bonchev–Trinajstić information content (AvgIpc) is 2.06. The standard InChI is InChI=1S/C12H18O6S/c13-10(6-19(15,16)17)18-12-4-8-1-9(5-12)3-11(14,2-8)7-12/h8-9,14H,1-7H2,(H,15,16,17). The summed E-state index contributed by atoms with van der Waals surface area (Å²) in [6.45, 7) is 0. The third kappa shape index (κ3) is 2.64. The van der Waals surface area contributed by atoms with Crippen LogP contribution in [0.25, 0.3) is 0 Å². The van der Waals surface area contributed by atoms with Gasteiger partial charge in [-0.15, -0.1) is 0 Å². The zero-order valence-electron chi connectivity index (χ0n) is 10.5. The topological polar surface area (TPSA) is 101 Å². The molecule has 0 amide bonds. The SMILES string of the molecule is O=C(CS(=O)(=O)O)OC12CC3CC(CC(O)(C3)C1)C2. The van der Waals surface area contributed by atoms with Crippen LogP contribution in [0.4, 0.5) is 0 Å². The summed E-state index contributed by atoms with van der Waals surface area (Å²) in [6, 6.07) is 0. The van der Waals surface area contributed by atoms with Gasteiger partial charge in [-0.2, -0.15) is 8.42 Å². The molecule has 2 N–H and O–H groups in total. The van der Waals surface area contributed by atoms with Gasteiger partial charge in [-0.1, -0.05) is 0 Å². The third-order valence-electron chi connectivity index (χ3n) is 4.61. The van der Waals surface area contributed by atoms with Crippen molar-refractivity contribution in [2.45, 2.75) is 49.7 Å². The summed E-state index contributed by atoms with van der Waals surface area (Å²) in [5.74, 6) is -1.23. The van der Waals surface area contributed by atoms with Gasteiger partial charge >= 0.3 is 5.97 Å². The van der Waals surface area contributed by atoms with E-state index in [4.69, 9.17) is 9.29 Å². The Hall–Kier alpha value is -0.660. The molecule has 0 saturated heterocycles. The Labute approximate surface area is 111 Å². The van der Waals surface area contributed by atoms with Crippen molar-refractivity contribution in [1.82, 2.24) is 0 Å². The molecular weight excluding hydrogens is 272 g/mol. The molecule has 4 fully saturated rings. The zero-order valence-corrected chi connectivity index (χ0v) is 11.4. The fourth-order valence-corrected chi connectivity index (χ4v) is 5.03. The largest absolute Gasteiger partial charge is 0.458 e. The van der Waals surface area contributed by atoms with Gasteiger partial charge < -0.3 is 9.84 Å². The van der Waals surface area contributed by atoms with E-state index in [1.165, 1.54) is 0 Å².